The van der Waals surface area contributed by atoms with Crippen LogP contribution in [0.2, 0.25) is 0 Å². The third-order valence-electron chi connectivity index (χ3n) is 5.20. The molecular weight excluding hydrogens is 410 g/mol. The van der Waals surface area contributed by atoms with Crippen molar-refractivity contribution in [2.45, 2.75) is 61.9 Å². The van der Waals surface area contributed by atoms with Gasteiger partial charge < -0.3 is 20.6 Å². The number of rotatable bonds is 8. The average Bonchev–Trinajstić information content (AvgIpc) is 2.71. The molecule has 0 aromatic heterocycles. The Hall–Kier alpha value is -1.82. The summed E-state index contributed by atoms with van der Waals surface area (Å²) in [6.07, 6.45) is 1.88. The van der Waals surface area contributed by atoms with Gasteiger partial charge in [-0.3, -0.25) is 14.4 Å². The molecular formula is C16H25N3O7S2. The van der Waals surface area contributed by atoms with E-state index in [4.69, 9.17) is 0 Å². The molecule has 2 aliphatic rings. The number of carboxylic acid groups (broad SMARTS) is 1. The van der Waals surface area contributed by atoms with Gasteiger partial charge in [0.25, 0.3) is 0 Å². The van der Waals surface area contributed by atoms with Crippen molar-refractivity contribution in [1.29, 1.82) is 0 Å². The molecule has 0 saturated carbocycles. The van der Waals surface area contributed by atoms with Gasteiger partial charge in [0.15, 0.2) is 9.84 Å². The third-order valence-corrected chi connectivity index (χ3v) is 8.65. The average molecular weight is 436 g/mol. The van der Waals surface area contributed by atoms with Gasteiger partial charge >= 0.3 is 5.97 Å². The molecule has 28 heavy (non-hydrogen) atoms. The molecule has 3 N–H and O–H groups in total. The second kappa shape index (κ2) is 7.90. The quantitative estimate of drug-likeness (QED) is 0.409. The second-order valence-electron chi connectivity index (χ2n) is 7.42. The second-order valence-corrected chi connectivity index (χ2v) is 11.1. The van der Waals surface area contributed by atoms with Gasteiger partial charge in [0, 0.05) is 0 Å². The number of sulfone groups is 1. The minimum Gasteiger partial charge on any atom is -0.480 e. The van der Waals surface area contributed by atoms with Crippen LogP contribution in [0.1, 0.15) is 33.6 Å². The molecule has 4 atom stereocenters. The van der Waals surface area contributed by atoms with Crippen molar-refractivity contribution in [2.75, 3.05) is 12.0 Å². The standard InChI is InChI=1S/C16H25N3O7S2/c1-8(13(21)18-9(15(23)24)5-6-27-4)17-14(22)12-16(2,3)28(25,26)11-7-10(20)19(11)12/h8-9,11-12H,5-7H2,1-4H3,(H,17,22)(H,18,21)(H,23,24). The lowest BCUT2D eigenvalue weighted by atomic mass is 9.97. The van der Waals surface area contributed by atoms with Gasteiger partial charge in [0.2, 0.25) is 17.7 Å². The van der Waals surface area contributed by atoms with E-state index in [1.807, 2.05) is 6.26 Å². The molecule has 0 radical (unpaired) electrons. The summed E-state index contributed by atoms with van der Waals surface area (Å²) < 4.78 is 23.6. The number of carbonyl (C=O) groups excluding carboxylic acids is 3. The predicted molar refractivity (Wildman–Crippen MR) is 102 cm³/mol. The lowest BCUT2D eigenvalue weighted by Crippen LogP contribution is -2.61. The van der Waals surface area contributed by atoms with E-state index in [2.05, 4.69) is 10.6 Å². The summed E-state index contributed by atoms with van der Waals surface area (Å²) in [7, 11) is -3.73. The monoisotopic (exact) mass is 435 g/mol. The fourth-order valence-electron chi connectivity index (χ4n) is 3.40. The van der Waals surface area contributed by atoms with Crippen LogP contribution >= 0.6 is 11.8 Å². The van der Waals surface area contributed by atoms with Crippen molar-refractivity contribution >= 4 is 45.3 Å². The third kappa shape index (κ3) is 3.71. The lowest BCUT2D eigenvalue weighted by Gasteiger charge is -2.37. The highest BCUT2D eigenvalue weighted by molar-refractivity contribution is 7.98. The SMILES string of the molecule is CSCCC(NC(=O)C(C)NC(=O)C1N2C(=O)CC2S(=O)(=O)C1(C)C)C(=O)O. The highest BCUT2D eigenvalue weighted by Gasteiger charge is 2.67. The summed E-state index contributed by atoms with van der Waals surface area (Å²) in [5, 5.41) is 12.9. The van der Waals surface area contributed by atoms with E-state index in [0.29, 0.717) is 5.75 Å². The van der Waals surface area contributed by atoms with E-state index in [1.165, 1.54) is 32.5 Å². The molecule has 158 valence electrons. The van der Waals surface area contributed by atoms with Gasteiger partial charge in [-0.2, -0.15) is 11.8 Å². The summed E-state index contributed by atoms with van der Waals surface area (Å²) in [5.74, 6) is -2.54. The molecule has 2 fully saturated rings. The Bertz CT molecular complexity index is 796. The fraction of sp³-hybridized carbons (Fsp3) is 0.750. The van der Waals surface area contributed by atoms with E-state index in [-0.39, 0.29) is 12.8 Å². The Balaban J connectivity index is 2.08. The van der Waals surface area contributed by atoms with Crippen LogP contribution in [0.15, 0.2) is 0 Å². The Kier molecular flexibility index (Phi) is 6.34. The van der Waals surface area contributed by atoms with Crippen molar-refractivity contribution in [2.24, 2.45) is 0 Å². The summed E-state index contributed by atoms with van der Waals surface area (Å²) in [6, 6.07) is -3.44. The first-order valence-corrected chi connectivity index (χ1v) is 11.7. The molecule has 10 nitrogen and oxygen atoms in total. The van der Waals surface area contributed by atoms with E-state index < -0.39 is 61.8 Å². The topological polar surface area (TPSA) is 150 Å². The first-order chi connectivity index (χ1) is 12.9. The molecule has 0 aromatic rings. The maximum atomic E-state index is 12.7. The van der Waals surface area contributed by atoms with Gasteiger partial charge in [-0.05, 0) is 39.2 Å². The van der Waals surface area contributed by atoms with Crippen molar-refractivity contribution in [3.05, 3.63) is 0 Å². The van der Waals surface area contributed by atoms with Crippen molar-refractivity contribution in [1.82, 2.24) is 15.5 Å². The number of nitrogens with zero attached hydrogens (tertiary/aromatic N) is 1. The summed E-state index contributed by atoms with van der Waals surface area (Å²) in [5.41, 5.74) is 0. The number of hydrogen-bond donors (Lipinski definition) is 3. The molecule has 0 aromatic carbocycles. The lowest BCUT2D eigenvalue weighted by molar-refractivity contribution is -0.150. The largest absolute Gasteiger partial charge is 0.480 e. The van der Waals surface area contributed by atoms with Gasteiger partial charge in [-0.25, -0.2) is 13.2 Å². The summed E-state index contributed by atoms with van der Waals surface area (Å²) in [6.45, 7) is 4.13. The van der Waals surface area contributed by atoms with Gasteiger partial charge in [-0.15, -0.1) is 0 Å². The fourth-order valence-corrected chi connectivity index (χ4v) is 6.01. The molecule has 3 amide bonds. The number of carboxylic acids is 1. The molecule has 0 bridgehead atoms. The maximum absolute atomic E-state index is 12.7. The maximum Gasteiger partial charge on any atom is 0.326 e. The number of nitrogens with one attached hydrogen (secondary N) is 2. The van der Waals surface area contributed by atoms with Crippen LogP contribution in [0.5, 0.6) is 0 Å². The molecule has 2 saturated heterocycles. The van der Waals surface area contributed by atoms with Crippen LogP contribution in [0.4, 0.5) is 0 Å². The number of fused-ring (bicyclic) bond motifs is 1. The first-order valence-electron chi connectivity index (χ1n) is 8.73. The van der Waals surface area contributed by atoms with Crippen molar-refractivity contribution < 1.29 is 32.7 Å². The smallest absolute Gasteiger partial charge is 0.326 e. The van der Waals surface area contributed by atoms with Crippen LogP contribution in [0.25, 0.3) is 0 Å². The molecule has 2 rings (SSSR count). The predicted octanol–water partition coefficient (Wildman–Crippen LogP) is -1.05. The van der Waals surface area contributed by atoms with Crippen molar-refractivity contribution in [3.8, 4) is 0 Å². The molecule has 0 aliphatic carbocycles. The zero-order valence-electron chi connectivity index (χ0n) is 16.1. The molecule has 12 heteroatoms. The van der Waals surface area contributed by atoms with E-state index in [1.54, 1.807) is 0 Å². The van der Waals surface area contributed by atoms with Crippen LogP contribution in [-0.2, 0) is 29.0 Å². The van der Waals surface area contributed by atoms with Gasteiger partial charge in [-0.1, -0.05) is 0 Å². The number of amides is 3. The number of thioether (sulfide) groups is 1. The highest BCUT2D eigenvalue weighted by Crippen LogP contribution is 2.45. The van der Waals surface area contributed by atoms with E-state index in [9.17, 15) is 32.7 Å². The van der Waals surface area contributed by atoms with Crippen LogP contribution < -0.4 is 10.6 Å². The van der Waals surface area contributed by atoms with E-state index in [0.717, 1.165) is 4.90 Å². The number of hydrogen-bond acceptors (Lipinski definition) is 7. The minimum absolute atomic E-state index is 0.151. The Morgan fingerprint density at radius 2 is 1.93 bits per heavy atom. The number of aliphatic carboxylic acids is 1. The number of β-lactam (4-membered cyclic amide) rings is 1. The normalized spacial score (nSPS) is 26.6. The molecule has 2 heterocycles. The molecule has 4 unspecified atom stereocenters. The zero-order valence-corrected chi connectivity index (χ0v) is 17.7. The van der Waals surface area contributed by atoms with Crippen molar-refractivity contribution in [3.63, 3.8) is 0 Å². The van der Waals surface area contributed by atoms with Crippen LogP contribution in [-0.4, -0.2) is 82.4 Å². The van der Waals surface area contributed by atoms with Gasteiger partial charge in [0.1, 0.15) is 23.5 Å². The summed E-state index contributed by atoms with van der Waals surface area (Å²) >= 11 is 1.44. The minimum atomic E-state index is -3.73. The first kappa shape index (κ1) is 22.5. The Morgan fingerprint density at radius 3 is 2.43 bits per heavy atom. The Labute approximate surface area is 167 Å². The highest BCUT2D eigenvalue weighted by atomic mass is 32.2. The van der Waals surface area contributed by atoms with Crippen LogP contribution in [0, 0.1) is 0 Å². The number of carbonyl (C=O) groups is 4. The van der Waals surface area contributed by atoms with Crippen LogP contribution in [0.3, 0.4) is 0 Å². The Morgan fingerprint density at radius 1 is 1.32 bits per heavy atom. The van der Waals surface area contributed by atoms with Gasteiger partial charge in [0.05, 0.1) is 11.2 Å². The summed E-state index contributed by atoms with van der Waals surface area (Å²) in [4.78, 5) is 49.2. The zero-order chi connectivity index (χ0) is 21.4. The van der Waals surface area contributed by atoms with E-state index >= 15 is 0 Å². The molecule has 0 spiro atoms. The molecule has 2 aliphatic heterocycles.